The molecular formula is C24H26O6. The van der Waals surface area contributed by atoms with Gasteiger partial charge in [0.25, 0.3) is 0 Å². The number of methoxy groups -OCH3 is 2. The van der Waals surface area contributed by atoms with Crippen LogP contribution in [0.4, 0.5) is 0 Å². The highest BCUT2D eigenvalue weighted by Crippen LogP contribution is 2.14. The molecule has 6 heteroatoms. The van der Waals surface area contributed by atoms with E-state index in [4.69, 9.17) is 9.47 Å². The Kier molecular flexibility index (Phi) is 9.73. The Bertz CT molecular complexity index is 777. The largest absolute Gasteiger partial charge is 0.497 e. The third kappa shape index (κ3) is 8.65. The van der Waals surface area contributed by atoms with E-state index in [0.29, 0.717) is 12.8 Å². The fraction of sp³-hybridized carbons (Fsp3) is 0.250. The van der Waals surface area contributed by atoms with Gasteiger partial charge in [0.15, 0.2) is 0 Å². The molecule has 2 rings (SSSR count). The van der Waals surface area contributed by atoms with Gasteiger partial charge in [-0.1, -0.05) is 48.6 Å². The van der Waals surface area contributed by atoms with E-state index in [2.05, 4.69) is 9.78 Å². The average molecular weight is 410 g/mol. The summed E-state index contributed by atoms with van der Waals surface area (Å²) in [6.07, 6.45) is 8.71. The maximum Gasteiger partial charge on any atom is 0.355 e. The number of carbonyl (C=O) groups excluding carboxylic acids is 2. The summed E-state index contributed by atoms with van der Waals surface area (Å²) < 4.78 is 10.2. The molecule has 0 spiro atoms. The van der Waals surface area contributed by atoms with Crippen molar-refractivity contribution >= 4 is 24.1 Å². The quantitative estimate of drug-likeness (QED) is 0.406. The zero-order valence-corrected chi connectivity index (χ0v) is 17.2. The summed E-state index contributed by atoms with van der Waals surface area (Å²) >= 11 is 0. The number of allylic oxidation sites excluding steroid dienone is 2. The van der Waals surface area contributed by atoms with E-state index in [-0.39, 0.29) is 12.8 Å². The summed E-state index contributed by atoms with van der Waals surface area (Å²) in [7, 11) is 3.23. The van der Waals surface area contributed by atoms with E-state index in [1.807, 2.05) is 72.8 Å². The van der Waals surface area contributed by atoms with E-state index < -0.39 is 11.9 Å². The molecule has 2 aromatic carbocycles. The first-order valence-corrected chi connectivity index (χ1v) is 9.62. The normalized spacial score (nSPS) is 10.9. The first-order valence-electron chi connectivity index (χ1n) is 9.62. The van der Waals surface area contributed by atoms with Crippen LogP contribution in [0.5, 0.6) is 11.5 Å². The van der Waals surface area contributed by atoms with Gasteiger partial charge in [0, 0.05) is 0 Å². The first-order chi connectivity index (χ1) is 14.6. The van der Waals surface area contributed by atoms with Crippen molar-refractivity contribution in [2.75, 3.05) is 14.2 Å². The minimum atomic E-state index is -0.587. The van der Waals surface area contributed by atoms with Gasteiger partial charge in [0.1, 0.15) is 11.5 Å². The number of hydrogen-bond acceptors (Lipinski definition) is 6. The summed E-state index contributed by atoms with van der Waals surface area (Å²) in [6.45, 7) is 0. The predicted molar refractivity (Wildman–Crippen MR) is 115 cm³/mol. The second-order valence-electron chi connectivity index (χ2n) is 6.34. The fourth-order valence-corrected chi connectivity index (χ4v) is 2.45. The molecule has 0 N–H and O–H groups in total. The molecule has 0 radical (unpaired) electrons. The van der Waals surface area contributed by atoms with Gasteiger partial charge in [-0.2, -0.15) is 0 Å². The molecule has 0 saturated carbocycles. The maximum atomic E-state index is 11.6. The van der Waals surface area contributed by atoms with Gasteiger partial charge in [0.05, 0.1) is 27.1 Å². The molecule has 0 fully saturated rings. The van der Waals surface area contributed by atoms with Crippen LogP contribution < -0.4 is 9.47 Å². The summed E-state index contributed by atoms with van der Waals surface area (Å²) in [6, 6.07) is 15.1. The number of ether oxygens (including phenoxy) is 2. The maximum absolute atomic E-state index is 11.6. The van der Waals surface area contributed by atoms with Crippen molar-refractivity contribution in [2.24, 2.45) is 0 Å². The highest BCUT2D eigenvalue weighted by molar-refractivity contribution is 5.73. The Morgan fingerprint density at radius 3 is 1.37 bits per heavy atom. The molecule has 0 aromatic heterocycles. The first kappa shape index (κ1) is 22.7. The van der Waals surface area contributed by atoms with Gasteiger partial charge in [-0.25, -0.2) is 19.4 Å². The van der Waals surface area contributed by atoms with Crippen molar-refractivity contribution in [3.8, 4) is 11.5 Å². The molecule has 0 aliphatic heterocycles. The molecular weight excluding hydrogens is 384 g/mol. The van der Waals surface area contributed by atoms with Crippen LogP contribution in [0.3, 0.4) is 0 Å². The van der Waals surface area contributed by atoms with Crippen molar-refractivity contribution in [1.29, 1.82) is 0 Å². The standard InChI is InChI=1S/C24H26O6/c1-27-21-15-11-19(12-16-21)7-3-5-9-23(25)29-30-24(26)10-6-4-8-20-13-17-22(28-2)18-14-20/h3-4,7-8,11-18H,5-6,9-10H2,1-2H3/b7-3+,8-4?. The van der Waals surface area contributed by atoms with Crippen molar-refractivity contribution in [3.63, 3.8) is 0 Å². The van der Waals surface area contributed by atoms with Crippen LogP contribution in [0.25, 0.3) is 12.2 Å². The number of hydrogen-bond donors (Lipinski definition) is 0. The van der Waals surface area contributed by atoms with E-state index >= 15 is 0 Å². The second kappa shape index (κ2) is 12.8. The number of benzene rings is 2. The lowest BCUT2D eigenvalue weighted by molar-refractivity contribution is -0.259. The summed E-state index contributed by atoms with van der Waals surface area (Å²) in [5.74, 6) is 0.399. The van der Waals surface area contributed by atoms with E-state index in [9.17, 15) is 9.59 Å². The van der Waals surface area contributed by atoms with E-state index in [1.54, 1.807) is 14.2 Å². The van der Waals surface area contributed by atoms with Gasteiger partial charge < -0.3 is 9.47 Å². The third-order valence-electron chi connectivity index (χ3n) is 4.11. The van der Waals surface area contributed by atoms with Gasteiger partial charge >= 0.3 is 11.9 Å². The van der Waals surface area contributed by atoms with Crippen LogP contribution >= 0.6 is 0 Å². The molecule has 0 aliphatic rings. The monoisotopic (exact) mass is 410 g/mol. The highest BCUT2D eigenvalue weighted by atomic mass is 17.2. The van der Waals surface area contributed by atoms with Crippen LogP contribution in [0.1, 0.15) is 36.8 Å². The van der Waals surface area contributed by atoms with Crippen LogP contribution in [0, 0.1) is 0 Å². The van der Waals surface area contributed by atoms with Crippen LogP contribution in [0.2, 0.25) is 0 Å². The minimum Gasteiger partial charge on any atom is -0.497 e. The Labute approximate surface area is 176 Å². The van der Waals surface area contributed by atoms with Crippen molar-refractivity contribution < 1.29 is 28.8 Å². The molecule has 0 unspecified atom stereocenters. The molecule has 0 heterocycles. The van der Waals surface area contributed by atoms with Crippen LogP contribution in [-0.2, 0) is 19.4 Å². The summed E-state index contributed by atoms with van der Waals surface area (Å²) in [4.78, 5) is 32.4. The molecule has 6 nitrogen and oxygen atoms in total. The smallest absolute Gasteiger partial charge is 0.355 e. The molecule has 0 amide bonds. The summed E-state index contributed by atoms with van der Waals surface area (Å²) in [5, 5.41) is 0. The molecule has 0 atom stereocenters. The molecule has 0 bridgehead atoms. The average Bonchev–Trinajstić information content (AvgIpc) is 2.79. The van der Waals surface area contributed by atoms with Crippen molar-refractivity contribution in [3.05, 3.63) is 71.8 Å². The Morgan fingerprint density at radius 2 is 1.03 bits per heavy atom. The molecule has 158 valence electrons. The van der Waals surface area contributed by atoms with E-state index in [0.717, 1.165) is 22.6 Å². The molecule has 30 heavy (non-hydrogen) atoms. The molecule has 0 aliphatic carbocycles. The fourth-order valence-electron chi connectivity index (χ4n) is 2.45. The van der Waals surface area contributed by atoms with Gasteiger partial charge in [0.2, 0.25) is 0 Å². The predicted octanol–water partition coefficient (Wildman–Crippen LogP) is 4.99. The van der Waals surface area contributed by atoms with E-state index in [1.165, 1.54) is 0 Å². The highest BCUT2D eigenvalue weighted by Gasteiger charge is 2.08. The second-order valence-corrected chi connectivity index (χ2v) is 6.34. The Balaban J connectivity index is 1.58. The zero-order chi connectivity index (χ0) is 21.6. The Morgan fingerprint density at radius 1 is 0.667 bits per heavy atom. The number of carbonyl (C=O) groups is 2. The lowest BCUT2D eigenvalue weighted by Gasteiger charge is -2.02. The van der Waals surface area contributed by atoms with Gasteiger partial charge in [-0.15, -0.1) is 0 Å². The van der Waals surface area contributed by atoms with Crippen molar-refractivity contribution in [2.45, 2.75) is 25.7 Å². The topological polar surface area (TPSA) is 71.1 Å². The minimum absolute atomic E-state index is 0.122. The molecule has 0 saturated heterocycles. The molecule has 2 aromatic rings. The van der Waals surface area contributed by atoms with Gasteiger partial charge in [-0.05, 0) is 48.2 Å². The lowest BCUT2D eigenvalue weighted by Crippen LogP contribution is -2.10. The van der Waals surface area contributed by atoms with Gasteiger partial charge in [-0.3, -0.25) is 0 Å². The zero-order valence-electron chi connectivity index (χ0n) is 17.2. The van der Waals surface area contributed by atoms with Crippen LogP contribution in [-0.4, -0.2) is 26.2 Å². The third-order valence-corrected chi connectivity index (χ3v) is 4.11. The SMILES string of the molecule is COc1ccc(C=CCCC(=O)OOC(=O)CC/C=C/c2ccc(OC)cc2)cc1. The van der Waals surface area contributed by atoms with Crippen LogP contribution in [0.15, 0.2) is 60.7 Å². The summed E-state index contributed by atoms with van der Waals surface area (Å²) in [5.41, 5.74) is 2.00. The lowest BCUT2D eigenvalue weighted by atomic mass is 10.2. The Hall–Kier alpha value is -3.54. The van der Waals surface area contributed by atoms with Crippen molar-refractivity contribution in [1.82, 2.24) is 0 Å². The number of rotatable bonds is 10.